The van der Waals surface area contributed by atoms with Crippen LogP contribution in [0.1, 0.15) is 6.92 Å². The summed E-state index contributed by atoms with van der Waals surface area (Å²) in [5.74, 6) is 0.318. The number of alkyl halides is 1. The molecular formula is C8H12ClNO2S2. The van der Waals surface area contributed by atoms with E-state index in [0.717, 1.165) is 0 Å². The summed E-state index contributed by atoms with van der Waals surface area (Å²) in [6.45, 7) is 2.61. The third kappa shape index (κ3) is 2.48. The van der Waals surface area contributed by atoms with Crippen molar-refractivity contribution in [1.29, 1.82) is 0 Å². The van der Waals surface area contributed by atoms with E-state index in [4.69, 9.17) is 11.6 Å². The highest BCUT2D eigenvalue weighted by atomic mass is 35.5. The van der Waals surface area contributed by atoms with Gasteiger partial charge in [0.15, 0.2) is 0 Å². The molecule has 0 saturated heterocycles. The van der Waals surface area contributed by atoms with Crippen LogP contribution in [0.15, 0.2) is 21.7 Å². The summed E-state index contributed by atoms with van der Waals surface area (Å²) in [4.78, 5) is 0. The molecule has 0 atom stereocenters. The SMILES string of the molecule is CCN(CCCl)S(=O)(=O)c1cccs1. The lowest BCUT2D eigenvalue weighted by Crippen LogP contribution is -2.32. The topological polar surface area (TPSA) is 37.4 Å². The van der Waals surface area contributed by atoms with Crippen molar-refractivity contribution in [2.24, 2.45) is 0 Å². The van der Waals surface area contributed by atoms with E-state index >= 15 is 0 Å². The van der Waals surface area contributed by atoms with E-state index in [0.29, 0.717) is 23.2 Å². The van der Waals surface area contributed by atoms with Gasteiger partial charge in [0, 0.05) is 19.0 Å². The van der Waals surface area contributed by atoms with Gasteiger partial charge in [-0.25, -0.2) is 8.42 Å². The van der Waals surface area contributed by atoms with Crippen molar-refractivity contribution in [2.75, 3.05) is 19.0 Å². The van der Waals surface area contributed by atoms with Gasteiger partial charge in [-0.2, -0.15) is 4.31 Å². The van der Waals surface area contributed by atoms with E-state index in [1.807, 2.05) is 0 Å². The van der Waals surface area contributed by atoms with Crippen LogP contribution in [0.2, 0.25) is 0 Å². The molecule has 0 fully saturated rings. The third-order valence-corrected chi connectivity index (χ3v) is 5.29. The van der Waals surface area contributed by atoms with E-state index in [-0.39, 0.29) is 0 Å². The van der Waals surface area contributed by atoms with Crippen molar-refractivity contribution in [2.45, 2.75) is 11.1 Å². The molecule has 0 N–H and O–H groups in total. The van der Waals surface area contributed by atoms with Crippen molar-refractivity contribution in [3.05, 3.63) is 17.5 Å². The maximum Gasteiger partial charge on any atom is 0.252 e. The normalized spacial score (nSPS) is 12.2. The Kier molecular flexibility index (Phi) is 4.37. The van der Waals surface area contributed by atoms with Gasteiger partial charge in [-0.3, -0.25) is 0 Å². The molecule has 80 valence electrons. The van der Waals surface area contributed by atoms with Gasteiger partial charge in [0.05, 0.1) is 0 Å². The van der Waals surface area contributed by atoms with Gasteiger partial charge in [-0.1, -0.05) is 13.0 Å². The second-order valence-electron chi connectivity index (χ2n) is 2.62. The molecule has 0 unspecified atom stereocenters. The molecule has 0 radical (unpaired) electrons. The largest absolute Gasteiger partial charge is 0.252 e. The van der Waals surface area contributed by atoms with E-state index in [2.05, 4.69) is 0 Å². The lowest BCUT2D eigenvalue weighted by Gasteiger charge is -2.17. The summed E-state index contributed by atoms with van der Waals surface area (Å²) in [5, 5.41) is 1.75. The number of halogens is 1. The fraction of sp³-hybridized carbons (Fsp3) is 0.500. The number of hydrogen-bond acceptors (Lipinski definition) is 3. The zero-order valence-electron chi connectivity index (χ0n) is 7.81. The zero-order valence-corrected chi connectivity index (χ0v) is 10.2. The number of hydrogen-bond donors (Lipinski definition) is 0. The molecule has 6 heteroatoms. The van der Waals surface area contributed by atoms with Gasteiger partial charge in [0.1, 0.15) is 4.21 Å². The first-order chi connectivity index (χ1) is 6.62. The smallest absolute Gasteiger partial charge is 0.206 e. The molecule has 0 aliphatic heterocycles. The summed E-state index contributed by atoms with van der Waals surface area (Å²) in [6.07, 6.45) is 0. The molecule has 0 spiro atoms. The monoisotopic (exact) mass is 253 g/mol. The lowest BCUT2D eigenvalue weighted by atomic mass is 10.7. The van der Waals surface area contributed by atoms with Gasteiger partial charge in [-0.05, 0) is 11.4 Å². The summed E-state index contributed by atoms with van der Waals surface area (Å²) in [7, 11) is -3.30. The van der Waals surface area contributed by atoms with E-state index < -0.39 is 10.0 Å². The molecule has 3 nitrogen and oxygen atoms in total. The second kappa shape index (κ2) is 5.11. The van der Waals surface area contributed by atoms with Crippen LogP contribution in [0.25, 0.3) is 0 Å². The summed E-state index contributed by atoms with van der Waals surface area (Å²) >= 11 is 6.77. The Bertz CT molecular complexity index is 361. The predicted molar refractivity (Wildman–Crippen MR) is 59.5 cm³/mol. The van der Waals surface area contributed by atoms with E-state index in [9.17, 15) is 8.42 Å². The Balaban J connectivity index is 2.94. The second-order valence-corrected chi connectivity index (χ2v) is 6.11. The first kappa shape index (κ1) is 12.0. The predicted octanol–water partition coefficient (Wildman–Crippen LogP) is 2.00. The molecule has 14 heavy (non-hydrogen) atoms. The van der Waals surface area contributed by atoms with Gasteiger partial charge < -0.3 is 0 Å². The highest BCUT2D eigenvalue weighted by molar-refractivity contribution is 7.91. The summed E-state index contributed by atoms with van der Waals surface area (Å²) < 4.78 is 25.5. The maximum absolute atomic E-state index is 11.9. The van der Waals surface area contributed by atoms with Crippen LogP contribution in [0.4, 0.5) is 0 Å². The van der Waals surface area contributed by atoms with Crippen LogP contribution >= 0.6 is 22.9 Å². The number of rotatable bonds is 5. The third-order valence-electron chi connectivity index (χ3n) is 1.78. The minimum absolute atomic E-state index is 0.318. The lowest BCUT2D eigenvalue weighted by molar-refractivity contribution is 0.448. The van der Waals surface area contributed by atoms with Gasteiger partial charge >= 0.3 is 0 Å². The summed E-state index contributed by atoms with van der Waals surface area (Å²) in [6, 6.07) is 3.34. The van der Waals surface area contributed by atoms with Crippen molar-refractivity contribution < 1.29 is 8.42 Å². The van der Waals surface area contributed by atoms with Crippen LogP contribution in [0, 0.1) is 0 Å². The maximum atomic E-state index is 11.9. The number of sulfonamides is 1. The Hall–Kier alpha value is -0.100. The van der Waals surface area contributed by atoms with Crippen LogP contribution in [0.5, 0.6) is 0 Å². The Labute approximate surface area is 93.4 Å². The van der Waals surface area contributed by atoms with Crippen molar-refractivity contribution >= 4 is 33.0 Å². The Morgan fingerprint density at radius 1 is 1.57 bits per heavy atom. The average Bonchev–Trinajstić information content (AvgIpc) is 2.66. The van der Waals surface area contributed by atoms with Crippen LogP contribution < -0.4 is 0 Å². The zero-order chi connectivity index (χ0) is 10.6. The highest BCUT2D eigenvalue weighted by Gasteiger charge is 2.22. The molecule has 1 aromatic rings. The first-order valence-electron chi connectivity index (χ1n) is 4.22. The molecular weight excluding hydrogens is 242 g/mol. The molecule has 0 aliphatic carbocycles. The molecule has 0 saturated carbocycles. The van der Waals surface area contributed by atoms with Crippen molar-refractivity contribution in [1.82, 2.24) is 4.31 Å². The minimum atomic E-state index is -3.30. The Morgan fingerprint density at radius 2 is 2.29 bits per heavy atom. The van der Waals surface area contributed by atoms with Crippen LogP contribution in [-0.4, -0.2) is 31.7 Å². The molecule has 0 aromatic carbocycles. The molecule has 1 heterocycles. The van der Waals surface area contributed by atoms with Gasteiger partial charge in [0.25, 0.3) is 10.0 Å². The number of thiophene rings is 1. The highest BCUT2D eigenvalue weighted by Crippen LogP contribution is 2.20. The fourth-order valence-corrected chi connectivity index (χ4v) is 3.98. The van der Waals surface area contributed by atoms with Crippen molar-refractivity contribution in [3.8, 4) is 0 Å². The first-order valence-corrected chi connectivity index (χ1v) is 7.08. The Morgan fingerprint density at radius 3 is 2.71 bits per heavy atom. The van der Waals surface area contributed by atoms with Gasteiger partial charge in [0.2, 0.25) is 0 Å². The average molecular weight is 254 g/mol. The quantitative estimate of drug-likeness (QED) is 0.753. The molecule has 0 bridgehead atoms. The van der Waals surface area contributed by atoms with Gasteiger partial charge in [-0.15, -0.1) is 22.9 Å². The molecule has 0 amide bonds. The van der Waals surface area contributed by atoms with Crippen molar-refractivity contribution in [3.63, 3.8) is 0 Å². The van der Waals surface area contributed by atoms with Crippen LogP contribution in [0.3, 0.4) is 0 Å². The van der Waals surface area contributed by atoms with E-state index in [1.54, 1.807) is 24.4 Å². The number of nitrogens with zero attached hydrogens (tertiary/aromatic N) is 1. The molecule has 0 aliphatic rings. The standard InChI is InChI=1S/C8H12ClNO2S2/c1-2-10(6-5-9)14(11,12)8-4-3-7-13-8/h3-4,7H,2,5-6H2,1H3. The minimum Gasteiger partial charge on any atom is -0.206 e. The molecule has 1 aromatic heterocycles. The summed E-state index contributed by atoms with van der Waals surface area (Å²) in [5.41, 5.74) is 0. The fourth-order valence-electron chi connectivity index (χ4n) is 1.08. The van der Waals surface area contributed by atoms with Crippen LogP contribution in [-0.2, 0) is 10.0 Å². The van der Waals surface area contributed by atoms with E-state index in [1.165, 1.54) is 15.6 Å². The molecule has 1 rings (SSSR count).